The molecule has 0 saturated carbocycles. The molecular weight excluding hydrogens is 787 g/mol. The first-order chi connectivity index (χ1) is 31.6. The third kappa shape index (κ3) is 48.8. The van der Waals surface area contributed by atoms with Crippen molar-refractivity contribution in [3.05, 3.63) is 24.3 Å². The molecule has 5 heteroatoms. The summed E-state index contributed by atoms with van der Waals surface area (Å²) in [6, 6.07) is -0.808. The predicted molar refractivity (Wildman–Crippen MR) is 282 cm³/mol. The largest absolute Gasteiger partial charge is 0.394 e. The van der Waals surface area contributed by atoms with Crippen LogP contribution >= 0.6 is 0 Å². The molecule has 3 atom stereocenters. The fourth-order valence-corrected chi connectivity index (χ4v) is 9.31. The summed E-state index contributed by atoms with van der Waals surface area (Å²) < 4.78 is 0. The molecule has 0 fully saturated rings. The molecule has 5 nitrogen and oxygen atoms in total. The first-order valence-corrected chi connectivity index (χ1v) is 29.1. The summed E-state index contributed by atoms with van der Waals surface area (Å²) in [5, 5.41) is 33.8. The zero-order valence-corrected chi connectivity index (χ0v) is 43.4. The summed E-state index contributed by atoms with van der Waals surface area (Å²) in [7, 11) is 0. The second-order valence-electron chi connectivity index (χ2n) is 20.2. The number of allylic oxidation sites excluding steroid dienone is 4. The van der Waals surface area contributed by atoms with Crippen molar-refractivity contribution in [2.45, 2.75) is 340 Å². The molecule has 0 radical (unpaired) electrons. The lowest BCUT2D eigenvalue weighted by molar-refractivity contribution is -0.124. The van der Waals surface area contributed by atoms with E-state index in [9.17, 15) is 20.1 Å². The van der Waals surface area contributed by atoms with E-state index >= 15 is 0 Å². The Labute approximate surface area is 401 Å². The van der Waals surface area contributed by atoms with Gasteiger partial charge >= 0.3 is 0 Å². The van der Waals surface area contributed by atoms with Crippen LogP contribution in [0.2, 0.25) is 0 Å². The Morgan fingerprint density at radius 1 is 0.391 bits per heavy atom. The number of nitrogens with one attached hydrogen (secondary N) is 1. The zero-order valence-electron chi connectivity index (χ0n) is 43.4. The Morgan fingerprint density at radius 3 is 0.984 bits per heavy atom. The van der Waals surface area contributed by atoms with Crippen molar-refractivity contribution < 1.29 is 20.1 Å². The fraction of sp³-hybridized carbons (Fsp3) is 0.915. The van der Waals surface area contributed by atoms with Gasteiger partial charge in [-0.25, -0.2) is 0 Å². The van der Waals surface area contributed by atoms with Gasteiger partial charge in [0.15, 0.2) is 0 Å². The number of rotatable bonds is 54. The van der Waals surface area contributed by atoms with E-state index in [0.717, 1.165) is 38.5 Å². The fourth-order valence-electron chi connectivity index (χ4n) is 9.31. The second kappa shape index (κ2) is 54.4. The highest BCUT2D eigenvalue weighted by Crippen LogP contribution is 2.18. The lowest BCUT2D eigenvalue weighted by atomic mass is 9.99. The summed E-state index contributed by atoms with van der Waals surface area (Å²) >= 11 is 0. The van der Waals surface area contributed by atoms with E-state index in [0.29, 0.717) is 12.8 Å². The average Bonchev–Trinajstić information content (AvgIpc) is 3.30. The summed E-state index contributed by atoms with van der Waals surface area (Å²) in [6.45, 7) is 4.21. The molecule has 0 aromatic rings. The lowest BCUT2D eigenvalue weighted by Crippen LogP contribution is -2.50. The van der Waals surface area contributed by atoms with Gasteiger partial charge in [0.1, 0.15) is 6.10 Å². The number of hydrogen-bond donors (Lipinski definition) is 4. The number of aliphatic hydroxyl groups excluding tert-OH is 3. The number of carbonyl (C=O) groups excluding carboxylic acids is 1. The Hall–Kier alpha value is -1.17. The van der Waals surface area contributed by atoms with Crippen molar-refractivity contribution in [2.24, 2.45) is 0 Å². The molecule has 0 aromatic heterocycles. The maximum atomic E-state index is 12.5. The maximum absolute atomic E-state index is 12.5. The first kappa shape index (κ1) is 62.8. The van der Waals surface area contributed by atoms with Crippen LogP contribution in [0, 0.1) is 0 Å². The molecule has 0 aliphatic carbocycles. The molecule has 0 aliphatic rings. The van der Waals surface area contributed by atoms with Crippen LogP contribution < -0.4 is 5.32 Å². The van der Waals surface area contributed by atoms with E-state index in [1.807, 2.05) is 0 Å². The molecular formula is C59H115NO4. The van der Waals surface area contributed by atoms with Gasteiger partial charge in [0.25, 0.3) is 0 Å². The van der Waals surface area contributed by atoms with Gasteiger partial charge < -0.3 is 20.6 Å². The van der Waals surface area contributed by atoms with Gasteiger partial charge in [0.05, 0.1) is 18.8 Å². The van der Waals surface area contributed by atoms with Crippen LogP contribution in [0.25, 0.3) is 0 Å². The summed E-state index contributed by atoms with van der Waals surface area (Å²) in [4.78, 5) is 12.5. The van der Waals surface area contributed by atoms with Crippen LogP contribution in [-0.4, -0.2) is 46.1 Å². The quantitative estimate of drug-likeness (QED) is 0.0362. The van der Waals surface area contributed by atoms with Gasteiger partial charge in [0, 0.05) is 6.42 Å². The predicted octanol–water partition coefficient (Wildman–Crippen LogP) is 18.1. The van der Waals surface area contributed by atoms with E-state index in [-0.39, 0.29) is 12.5 Å². The molecule has 0 rings (SSSR count). The highest BCUT2D eigenvalue weighted by molar-refractivity contribution is 5.76. The average molecular weight is 903 g/mol. The summed E-state index contributed by atoms with van der Waals surface area (Å²) in [5.41, 5.74) is 0. The van der Waals surface area contributed by atoms with E-state index in [1.54, 1.807) is 0 Å². The van der Waals surface area contributed by atoms with E-state index in [4.69, 9.17) is 0 Å². The Morgan fingerprint density at radius 2 is 0.672 bits per heavy atom. The van der Waals surface area contributed by atoms with Crippen molar-refractivity contribution in [1.29, 1.82) is 0 Å². The molecule has 3 unspecified atom stereocenters. The molecule has 4 N–H and O–H groups in total. The third-order valence-corrected chi connectivity index (χ3v) is 13.8. The number of amides is 1. The van der Waals surface area contributed by atoms with E-state index in [2.05, 4.69) is 43.5 Å². The van der Waals surface area contributed by atoms with Gasteiger partial charge in [-0.3, -0.25) is 4.79 Å². The monoisotopic (exact) mass is 902 g/mol. The number of aliphatic hydroxyl groups is 3. The van der Waals surface area contributed by atoms with Gasteiger partial charge in [-0.15, -0.1) is 0 Å². The molecule has 380 valence electrons. The van der Waals surface area contributed by atoms with E-state index < -0.39 is 18.2 Å². The van der Waals surface area contributed by atoms with Crippen molar-refractivity contribution in [1.82, 2.24) is 5.32 Å². The van der Waals surface area contributed by atoms with Gasteiger partial charge in [-0.05, 0) is 44.9 Å². The van der Waals surface area contributed by atoms with Crippen LogP contribution in [0.3, 0.4) is 0 Å². The minimum Gasteiger partial charge on any atom is -0.394 e. The minimum absolute atomic E-state index is 0.140. The van der Waals surface area contributed by atoms with Gasteiger partial charge in [-0.1, -0.05) is 295 Å². The molecule has 0 bridgehead atoms. The highest BCUT2D eigenvalue weighted by Gasteiger charge is 2.26. The lowest BCUT2D eigenvalue weighted by Gasteiger charge is -2.26. The highest BCUT2D eigenvalue weighted by atomic mass is 16.3. The van der Waals surface area contributed by atoms with Gasteiger partial charge in [0.2, 0.25) is 5.91 Å². The smallest absolute Gasteiger partial charge is 0.220 e. The van der Waals surface area contributed by atoms with E-state index in [1.165, 1.54) is 257 Å². The molecule has 64 heavy (non-hydrogen) atoms. The normalized spacial score (nSPS) is 13.4. The van der Waals surface area contributed by atoms with Crippen molar-refractivity contribution in [3.63, 3.8) is 0 Å². The SMILES string of the molecule is CCCCCCCCCCC/C=C\C/C=C\CCCCCCCCCCCCCCCCCC(=O)NC(CO)C(O)C(O)CCCCCCCCCCCCCCCCCCCCC. The van der Waals surface area contributed by atoms with Gasteiger partial charge in [-0.2, -0.15) is 0 Å². The second-order valence-corrected chi connectivity index (χ2v) is 20.2. The summed E-state index contributed by atoms with van der Waals surface area (Å²) in [5.74, 6) is -0.140. The molecule has 1 amide bonds. The molecule has 0 aromatic carbocycles. The van der Waals surface area contributed by atoms with Crippen LogP contribution in [-0.2, 0) is 4.79 Å². The maximum Gasteiger partial charge on any atom is 0.220 e. The molecule has 0 aliphatic heterocycles. The van der Waals surface area contributed by atoms with Crippen molar-refractivity contribution in [2.75, 3.05) is 6.61 Å². The number of hydrogen-bond acceptors (Lipinski definition) is 4. The van der Waals surface area contributed by atoms with Crippen molar-refractivity contribution >= 4 is 5.91 Å². The standard InChI is InChI=1S/C59H115NO4/c1-3-5-7-9-11-13-15-17-19-21-23-24-25-26-27-28-29-30-31-32-33-34-36-38-40-42-44-46-48-50-52-54-58(63)60-56(55-61)59(64)57(62)53-51-49-47-45-43-41-39-37-35-22-20-18-16-14-12-10-8-6-4-2/h23-24,26-27,56-57,59,61-62,64H,3-22,25,28-55H2,1-2H3,(H,60,63)/b24-23-,27-26-. The summed E-state index contributed by atoms with van der Waals surface area (Å²) in [6.07, 6.45) is 69.1. The Balaban J connectivity index is 3.51. The van der Waals surface area contributed by atoms with Crippen molar-refractivity contribution in [3.8, 4) is 0 Å². The van der Waals surface area contributed by atoms with Crippen LogP contribution in [0.5, 0.6) is 0 Å². The molecule has 0 saturated heterocycles. The molecule has 0 heterocycles. The van der Waals surface area contributed by atoms with Crippen LogP contribution in [0.4, 0.5) is 0 Å². The number of carbonyl (C=O) groups is 1. The topological polar surface area (TPSA) is 89.8 Å². The Bertz CT molecular complexity index is 951. The Kier molecular flexibility index (Phi) is 53.4. The van der Waals surface area contributed by atoms with Crippen LogP contribution in [0.15, 0.2) is 24.3 Å². The third-order valence-electron chi connectivity index (χ3n) is 13.8. The van der Waals surface area contributed by atoms with Crippen LogP contribution in [0.1, 0.15) is 322 Å². The zero-order chi connectivity index (χ0) is 46.5. The molecule has 0 spiro atoms. The first-order valence-electron chi connectivity index (χ1n) is 29.1. The minimum atomic E-state index is -1.14. The number of unbranched alkanes of at least 4 members (excludes halogenated alkanes) is 42.